The molecule has 0 radical (unpaired) electrons. The van der Waals surface area contributed by atoms with E-state index in [1.54, 1.807) is 18.2 Å². The molecule has 4 nitrogen and oxygen atoms in total. The summed E-state index contributed by atoms with van der Waals surface area (Å²) in [5.74, 6) is -1.52. The van der Waals surface area contributed by atoms with Crippen LogP contribution in [0.5, 0.6) is 0 Å². The van der Waals surface area contributed by atoms with E-state index in [0.717, 1.165) is 12.1 Å². The van der Waals surface area contributed by atoms with Crippen LogP contribution in [0, 0.1) is 5.82 Å². The maximum absolute atomic E-state index is 12.9. The second kappa shape index (κ2) is 5.42. The summed E-state index contributed by atoms with van der Waals surface area (Å²) < 4.78 is 37.8. The molecule has 2 aromatic carbocycles. The molecule has 2 N–H and O–H groups in total. The van der Waals surface area contributed by atoms with Gasteiger partial charge in [-0.1, -0.05) is 30.3 Å². The van der Waals surface area contributed by atoms with Crippen molar-refractivity contribution >= 4 is 15.7 Å². The zero-order valence-electron chi connectivity index (χ0n) is 10.4. The van der Waals surface area contributed by atoms with Crippen molar-refractivity contribution in [1.82, 2.24) is 0 Å². The van der Waals surface area contributed by atoms with Crippen molar-refractivity contribution in [1.29, 1.82) is 0 Å². The van der Waals surface area contributed by atoms with Gasteiger partial charge in [-0.25, -0.2) is 12.8 Å². The van der Waals surface area contributed by atoms with E-state index in [1.807, 2.05) is 0 Å². The first-order chi connectivity index (χ1) is 9.43. The van der Waals surface area contributed by atoms with E-state index >= 15 is 0 Å². The fraction of sp³-hybridized carbons (Fsp3) is 0.0714. The van der Waals surface area contributed by atoms with Crippen LogP contribution in [-0.2, 0) is 14.6 Å². The van der Waals surface area contributed by atoms with Crippen molar-refractivity contribution in [3.63, 3.8) is 0 Å². The fourth-order valence-corrected chi connectivity index (χ4v) is 3.51. The largest absolute Gasteiger partial charge is 0.368 e. The highest BCUT2D eigenvalue weighted by Crippen LogP contribution is 2.28. The monoisotopic (exact) mass is 293 g/mol. The number of amides is 1. The van der Waals surface area contributed by atoms with E-state index in [1.165, 1.54) is 24.3 Å². The third-order valence-corrected chi connectivity index (χ3v) is 4.87. The fourth-order valence-electron chi connectivity index (χ4n) is 1.88. The number of rotatable bonds is 4. The molecule has 0 bridgehead atoms. The molecule has 0 saturated heterocycles. The highest BCUT2D eigenvalue weighted by atomic mass is 32.2. The van der Waals surface area contributed by atoms with E-state index in [4.69, 9.17) is 5.73 Å². The molecule has 0 aromatic heterocycles. The minimum absolute atomic E-state index is 0.00637. The van der Waals surface area contributed by atoms with Crippen LogP contribution in [0.2, 0.25) is 0 Å². The van der Waals surface area contributed by atoms with Crippen molar-refractivity contribution in [2.75, 3.05) is 0 Å². The van der Waals surface area contributed by atoms with Crippen LogP contribution in [0.25, 0.3) is 0 Å². The molecular formula is C14H12FNO3S. The number of halogens is 1. The molecule has 104 valence electrons. The van der Waals surface area contributed by atoms with Gasteiger partial charge in [-0.2, -0.15) is 0 Å². The topological polar surface area (TPSA) is 77.2 Å². The zero-order valence-corrected chi connectivity index (χ0v) is 11.2. The number of carbonyl (C=O) groups is 1. The van der Waals surface area contributed by atoms with Crippen molar-refractivity contribution < 1.29 is 17.6 Å². The summed E-state index contributed by atoms with van der Waals surface area (Å²) in [6.45, 7) is 0. The molecule has 6 heteroatoms. The van der Waals surface area contributed by atoms with Gasteiger partial charge >= 0.3 is 0 Å². The molecule has 0 aliphatic heterocycles. The Labute approximate surface area is 116 Å². The van der Waals surface area contributed by atoms with Crippen molar-refractivity contribution in [2.45, 2.75) is 10.1 Å². The lowest BCUT2D eigenvalue weighted by atomic mass is 10.1. The minimum Gasteiger partial charge on any atom is -0.368 e. The predicted molar refractivity (Wildman–Crippen MR) is 72.0 cm³/mol. The van der Waals surface area contributed by atoms with Crippen LogP contribution in [0.15, 0.2) is 59.5 Å². The molecule has 1 amide bonds. The van der Waals surface area contributed by atoms with Crippen molar-refractivity contribution in [2.24, 2.45) is 5.73 Å². The Hall–Kier alpha value is -2.21. The second-order valence-corrected chi connectivity index (χ2v) is 6.22. The maximum atomic E-state index is 12.9. The SMILES string of the molecule is NC(=O)C(c1ccc(F)cc1)S(=O)(=O)c1ccccc1. The number of hydrogen-bond donors (Lipinski definition) is 1. The highest BCUT2D eigenvalue weighted by molar-refractivity contribution is 7.92. The van der Waals surface area contributed by atoms with Gasteiger partial charge in [0.05, 0.1) is 4.90 Å². The van der Waals surface area contributed by atoms with E-state index in [0.29, 0.717) is 0 Å². The van der Waals surface area contributed by atoms with Crippen LogP contribution >= 0.6 is 0 Å². The van der Waals surface area contributed by atoms with Gasteiger partial charge in [0.2, 0.25) is 5.91 Å². The van der Waals surface area contributed by atoms with Gasteiger partial charge in [-0.05, 0) is 29.8 Å². The number of nitrogens with two attached hydrogens (primary N) is 1. The minimum atomic E-state index is -3.96. The van der Waals surface area contributed by atoms with E-state index in [-0.39, 0.29) is 10.5 Å². The summed E-state index contributed by atoms with van der Waals surface area (Å²) in [6.07, 6.45) is 0. The number of carbonyl (C=O) groups excluding carboxylic acids is 1. The van der Waals surface area contributed by atoms with Crippen molar-refractivity contribution in [3.05, 3.63) is 66.0 Å². The van der Waals surface area contributed by atoms with Crippen LogP contribution in [0.1, 0.15) is 10.8 Å². The van der Waals surface area contributed by atoms with Crippen LogP contribution in [-0.4, -0.2) is 14.3 Å². The smallest absolute Gasteiger partial charge is 0.240 e. The third-order valence-electron chi connectivity index (χ3n) is 2.81. The van der Waals surface area contributed by atoms with Gasteiger partial charge in [0.15, 0.2) is 15.1 Å². The quantitative estimate of drug-likeness (QED) is 0.934. The average Bonchev–Trinajstić information content (AvgIpc) is 2.41. The van der Waals surface area contributed by atoms with E-state index in [2.05, 4.69) is 0 Å². The predicted octanol–water partition coefficient (Wildman–Crippen LogP) is 1.83. The number of primary amides is 1. The summed E-state index contributed by atoms with van der Waals surface area (Å²) in [5, 5.41) is -1.54. The molecule has 0 aliphatic carbocycles. The highest BCUT2D eigenvalue weighted by Gasteiger charge is 2.33. The van der Waals surface area contributed by atoms with Gasteiger partial charge in [0.1, 0.15) is 5.82 Å². The molecule has 20 heavy (non-hydrogen) atoms. The molecular weight excluding hydrogens is 281 g/mol. The summed E-state index contributed by atoms with van der Waals surface area (Å²) >= 11 is 0. The Balaban J connectivity index is 2.54. The summed E-state index contributed by atoms with van der Waals surface area (Å²) in [7, 11) is -3.96. The Morgan fingerprint density at radius 2 is 1.55 bits per heavy atom. The Kier molecular flexibility index (Phi) is 3.85. The zero-order chi connectivity index (χ0) is 14.8. The maximum Gasteiger partial charge on any atom is 0.240 e. The van der Waals surface area contributed by atoms with Gasteiger partial charge in [0.25, 0.3) is 0 Å². The third kappa shape index (κ3) is 2.70. The van der Waals surface area contributed by atoms with Crippen molar-refractivity contribution in [3.8, 4) is 0 Å². The normalized spacial score (nSPS) is 12.8. The second-order valence-electron chi connectivity index (χ2n) is 4.19. The first kappa shape index (κ1) is 14.2. The lowest BCUT2D eigenvalue weighted by molar-refractivity contribution is -0.117. The Bertz CT molecular complexity index is 712. The van der Waals surface area contributed by atoms with E-state index in [9.17, 15) is 17.6 Å². The Morgan fingerprint density at radius 3 is 2.05 bits per heavy atom. The molecule has 1 unspecified atom stereocenters. The number of sulfone groups is 1. The molecule has 2 aromatic rings. The molecule has 0 heterocycles. The Morgan fingerprint density at radius 1 is 1.00 bits per heavy atom. The number of hydrogen-bond acceptors (Lipinski definition) is 3. The van der Waals surface area contributed by atoms with Crippen LogP contribution in [0.4, 0.5) is 4.39 Å². The molecule has 0 aliphatic rings. The summed E-state index contributed by atoms with van der Waals surface area (Å²) in [6, 6.07) is 12.2. The first-order valence-electron chi connectivity index (χ1n) is 5.76. The summed E-state index contributed by atoms with van der Waals surface area (Å²) in [4.78, 5) is 11.5. The molecule has 0 fully saturated rings. The van der Waals surface area contributed by atoms with E-state index < -0.39 is 26.8 Å². The van der Waals surface area contributed by atoms with Crippen LogP contribution in [0.3, 0.4) is 0 Å². The van der Waals surface area contributed by atoms with Gasteiger partial charge in [-0.15, -0.1) is 0 Å². The average molecular weight is 293 g/mol. The number of benzene rings is 2. The molecule has 0 spiro atoms. The molecule has 0 saturated carbocycles. The standard InChI is InChI=1S/C14H12FNO3S/c15-11-8-6-10(7-9-11)13(14(16)17)20(18,19)12-4-2-1-3-5-12/h1-9,13H,(H2,16,17). The van der Waals surface area contributed by atoms with Gasteiger partial charge < -0.3 is 5.73 Å². The van der Waals surface area contributed by atoms with Gasteiger partial charge in [-0.3, -0.25) is 4.79 Å². The molecule has 1 atom stereocenters. The molecule has 2 rings (SSSR count). The summed E-state index contributed by atoms with van der Waals surface area (Å²) in [5.41, 5.74) is 5.36. The first-order valence-corrected chi connectivity index (χ1v) is 7.31. The lowest BCUT2D eigenvalue weighted by Crippen LogP contribution is -2.28. The van der Waals surface area contributed by atoms with Crippen LogP contribution < -0.4 is 5.73 Å². The van der Waals surface area contributed by atoms with Gasteiger partial charge in [0, 0.05) is 0 Å². The lowest BCUT2D eigenvalue weighted by Gasteiger charge is -2.15.